The number of anilines is 1. The van der Waals surface area contributed by atoms with E-state index >= 15 is 0 Å². The van der Waals surface area contributed by atoms with Crippen LogP contribution in [0.2, 0.25) is 5.15 Å². The number of aryl methyl sites for hydroxylation is 1. The molecule has 2 aromatic rings. The molecule has 2 N–H and O–H groups in total. The summed E-state index contributed by atoms with van der Waals surface area (Å²) in [4.78, 5) is 4.23. The zero-order valence-electron chi connectivity index (χ0n) is 10.2. The second kappa shape index (κ2) is 4.37. The van der Waals surface area contributed by atoms with Gasteiger partial charge in [-0.05, 0) is 38.0 Å². The van der Waals surface area contributed by atoms with Gasteiger partial charge < -0.3 is 5.73 Å². The zero-order chi connectivity index (χ0) is 12.6. The van der Waals surface area contributed by atoms with Crippen molar-refractivity contribution in [1.82, 2.24) is 14.8 Å². The van der Waals surface area contributed by atoms with Crippen LogP contribution in [0.3, 0.4) is 0 Å². The van der Waals surface area contributed by atoms with Gasteiger partial charge in [-0.1, -0.05) is 18.5 Å². The minimum absolute atomic E-state index is 0.416. The van der Waals surface area contributed by atoms with Crippen LogP contribution in [0.4, 0.5) is 5.69 Å². The van der Waals surface area contributed by atoms with Gasteiger partial charge in [0, 0.05) is 5.69 Å². The third kappa shape index (κ3) is 2.00. The second-order valence-electron chi connectivity index (χ2n) is 3.96. The molecule has 0 radical (unpaired) electrons. The molecule has 2 rings (SSSR count). The molecule has 0 bridgehead atoms. The lowest BCUT2D eigenvalue weighted by atomic mass is 10.1. The van der Waals surface area contributed by atoms with Crippen LogP contribution < -0.4 is 5.73 Å². The van der Waals surface area contributed by atoms with E-state index in [1.54, 1.807) is 16.8 Å². The first-order valence-corrected chi connectivity index (χ1v) is 5.89. The van der Waals surface area contributed by atoms with Gasteiger partial charge in [0.25, 0.3) is 0 Å². The Bertz CT molecular complexity index is 560. The molecule has 0 aromatic carbocycles. The second-order valence-corrected chi connectivity index (χ2v) is 4.35. The lowest BCUT2D eigenvalue weighted by Crippen LogP contribution is -2.06. The summed E-state index contributed by atoms with van der Waals surface area (Å²) < 4.78 is 1.76. The van der Waals surface area contributed by atoms with Crippen molar-refractivity contribution in [2.45, 2.75) is 27.2 Å². The highest BCUT2D eigenvalue weighted by atomic mass is 35.5. The van der Waals surface area contributed by atoms with E-state index < -0.39 is 0 Å². The Balaban J connectivity index is 2.64. The van der Waals surface area contributed by atoms with Crippen LogP contribution in [-0.2, 0) is 6.42 Å². The van der Waals surface area contributed by atoms with Gasteiger partial charge in [-0.3, -0.25) is 0 Å². The van der Waals surface area contributed by atoms with E-state index in [9.17, 15) is 0 Å². The Morgan fingerprint density at radius 1 is 1.35 bits per heavy atom. The smallest absolute Gasteiger partial charge is 0.178 e. The van der Waals surface area contributed by atoms with Gasteiger partial charge in [-0.2, -0.15) is 5.10 Å². The largest absolute Gasteiger partial charge is 0.396 e. The minimum atomic E-state index is 0.416. The molecule has 0 fully saturated rings. The van der Waals surface area contributed by atoms with Crippen molar-refractivity contribution in [3.8, 4) is 5.82 Å². The fourth-order valence-corrected chi connectivity index (χ4v) is 2.14. The quantitative estimate of drug-likeness (QED) is 0.834. The highest BCUT2D eigenvalue weighted by molar-refractivity contribution is 6.29. The fraction of sp³-hybridized carbons (Fsp3) is 0.333. The molecule has 17 heavy (non-hydrogen) atoms. The van der Waals surface area contributed by atoms with Crippen LogP contribution in [0, 0.1) is 13.8 Å². The summed E-state index contributed by atoms with van der Waals surface area (Å²) in [6.07, 6.45) is 0.943. The van der Waals surface area contributed by atoms with E-state index in [-0.39, 0.29) is 0 Å². The highest BCUT2D eigenvalue weighted by Crippen LogP contribution is 2.22. The number of hydrogen-bond acceptors (Lipinski definition) is 3. The van der Waals surface area contributed by atoms with Crippen LogP contribution in [-0.4, -0.2) is 14.8 Å². The normalized spacial score (nSPS) is 10.8. The number of aromatic nitrogens is 3. The third-order valence-electron chi connectivity index (χ3n) is 2.87. The first-order chi connectivity index (χ1) is 8.04. The van der Waals surface area contributed by atoms with Gasteiger partial charge in [0.2, 0.25) is 0 Å². The standard InChI is InChI=1S/C12H15ClN4/c1-4-9-7(2)16-17(8(9)3)12-10(14)5-6-11(13)15-12/h5-6H,4,14H2,1-3H3. The van der Waals surface area contributed by atoms with E-state index in [1.807, 2.05) is 13.8 Å². The lowest BCUT2D eigenvalue weighted by molar-refractivity contribution is 0.808. The molecule has 2 heterocycles. The minimum Gasteiger partial charge on any atom is -0.396 e. The van der Waals surface area contributed by atoms with Crippen molar-refractivity contribution >= 4 is 17.3 Å². The molecule has 0 saturated heterocycles. The van der Waals surface area contributed by atoms with Gasteiger partial charge in [0.05, 0.1) is 11.4 Å². The summed E-state index contributed by atoms with van der Waals surface area (Å²) >= 11 is 5.89. The fourth-order valence-electron chi connectivity index (χ4n) is 2.00. The van der Waals surface area contributed by atoms with E-state index in [0.717, 1.165) is 17.8 Å². The van der Waals surface area contributed by atoms with E-state index in [2.05, 4.69) is 17.0 Å². The highest BCUT2D eigenvalue weighted by Gasteiger charge is 2.14. The molecule has 4 nitrogen and oxygen atoms in total. The van der Waals surface area contributed by atoms with Crippen LogP contribution >= 0.6 is 11.6 Å². The van der Waals surface area contributed by atoms with E-state index in [0.29, 0.717) is 16.7 Å². The Kier molecular flexibility index (Phi) is 3.07. The lowest BCUT2D eigenvalue weighted by Gasteiger charge is -2.07. The molecule has 0 amide bonds. The van der Waals surface area contributed by atoms with Crippen molar-refractivity contribution in [1.29, 1.82) is 0 Å². The summed E-state index contributed by atoms with van der Waals surface area (Å²) in [5.41, 5.74) is 9.78. The number of nitrogens with zero attached hydrogens (tertiary/aromatic N) is 3. The van der Waals surface area contributed by atoms with Gasteiger partial charge in [-0.25, -0.2) is 9.67 Å². The predicted molar refractivity (Wildman–Crippen MR) is 69.6 cm³/mol. The maximum atomic E-state index is 5.91. The molecule has 0 aliphatic rings. The Labute approximate surface area is 105 Å². The van der Waals surface area contributed by atoms with Gasteiger partial charge in [0.1, 0.15) is 5.15 Å². The van der Waals surface area contributed by atoms with Crippen LogP contribution in [0.25, 0.3) is 5.82 Å². The number of nitrogens with two attached hydrogens (primary N) is 1. The van der Waals surface area contributed by atoms with Crippen LogP contribution in [0.5, 0.6) is 0 Å². The number of hydrogen-bond donors (Lipinski definition) is 1. The molecule has 0 spiro atoms. The van der Waals surface area contributed by atoms with Crippen molar-refractivity contribution < 1.29 is 0 Å². The van der Waals surface area contributed by atoms with Gasteiger partial charge in [-0.15, -0.1) is 0 Å². The van der Waals surface area contributed by atoms with Crippen LogP contribution in [0.1, 0.15) is 23.9 Å². The topological polar surface area (TPSA) is 56.7 Å². The molecule has 90 valence electrons. The molecule has 0 saturated carbocycles. The first kappa shape index (κ1) is 11.9. The summed E-state index contributed by atoms with van der Waals surface area (Å²) in [6, 6.07) is 3.42. The monoisotopic (exact) mass is 250 g/mol. The Morgan fingerprint density at radius 3 is 2.65 bits per heavy atom. The van der Waals surface area contributed by atoms with Crippen molar-refractivity contribution in [3.05, 3.63) is 34.2 Å². The molecule has 5 heteroatoms. The first-order valence-electron chi connectivity index (χ1n) is 5.52. The molecule has 0 unspecified atom stereocenters. The maximum absolute atomic E-state index is 5.91. The van der Waals surface area contributed by atoms with Crippen LogP contribution in [0.15, 0.2) is 12.1 Å². The summed E-state index contributed by atoms with van der Waals surface area (Å²) in [7, 11) is 0. The summed E-state index contributed by atoms with van der Waals surface area (Å²) in [5.74, 6) is 0.595. The van der Waals surface area contributed by atoms with E-state index in [1.165, 1.54) is 5.56 Å². The zero-order valence-corrected chi connectivity index (χ0v) is 10.9. The predicted octanol–water partition coefficient (Wildman–Crippen LogP) is 2.68. The molecule has 2 aromatic heterocycles. The summed E-state index contributed by atoms with van der Waals surface area (Å²) in [6.45, 7) is 6.11. The van der Waals surface area contributed by atoms with Crippen molar-refractivity contribution in [2.75, 3.05) is 5.73 Å². The number of pyridine rings is 1. The average molecular weight is 251 g/mol. The molecule has 0 aliphatic heterocycles. The number of halogens is 1. The Hall–Kier alpha value is -1.55. The molecule has 0 atom stereocenters. The maximum Gasteiger partial charge on any atom is 0.178 e. The number of nitrogen functional groups attached to an aromatic ring is 1. The Morgan fingerprint density at radius 2 is 2.06 bits per heavy atom. The SMILES string of the molecule is CCc1c(C)nn(-c2nc(Cl)ccc2N)c1C. The van der Waals surface area contributed by atoms with Gasteiger partial charge in [0.15, 0.2) is 5.82 Å². The van der Waals surface area contributed by atoms with Crippen molar-refractivity contribution in [2.24, 2.45) is 0 Å². The third-order valence-corrected chi connectivity index (χ3v) is 3.08. The number of rotatable bonds is 2. The molecular weight excluding hydrogens is 236 g/mol. The summed E-state index contributed by atoms with van der Waals surface area (Å²) in [5, 5.41) is 4.89. The average Bonchev–Trinajstić information content (AvgIpc) is 2.57. The van der Waals surface area contributed by atoms with Crippen molar-refractivity contribution in [3.63, 3.8) is 0 Å². The molecule has 0 aliphatic carbocycles. The van der Waals surface area contributed by atoms with Gasteiger partial charge >= 0.3 is 0 Å². The van der Waals surface area contributed by atoms with E-state index in [4.69, 9.17) is 17.3 Å². The molecular formula is C12H15ClN4.